The van der Waals surface area contributed by atoms with Crippen molar-refractivity contribution in [3.63, 3.8) is 0 Å². The molecule has 2 N–H and O–H groups in total. The Kier molecular flexibility index (Phi) is 2.29. The van der Waals surface area contributed by atoms with Crippen LogP contribution in [-0.4, -0.2) is 11.0 Å². The van der Waals surface area contributed by atoms with Gasteiger partial charge in [0.25, 0.3) is 5.91 Å². The highest BCUT2D eigenvalue weighted by Crippen LogP contribution is 2.39. The average molecular weight is 266 g/mol. The van der Waals surface area contributed by atoms with E-state index in [0.29, 0.717) is 11.3 Å². The number of nitrogens with one attached hydrogen (secondary N) is 1. The van der Waals surface area contributed by atoms with Gasteiger partial charge in [-0.2, -0.15) is 0 Å². The van der Waals surface area contributed by atoms with Crippen LogP contribution in [0.2, 0.25) is 0 Å². The maximum Gasteiger partial charge on any atom is 0.262 e. The van der Waals surface area contributed by atoms with Crippen LogP contribution in [-0.2, 0) is 10.4 Å². The molecular weight excluding hydrogens is 258 g/mol. The molecule has 0 bridgehead atoms. The van der Waals surface area contributed by atoms with E-state index in [4.69, 9.17) is 6.42 Å². The zero-order valence-corrected chi connectivity index (χ0v) is 9.34. The molecular formula is C11H8BrNO2. The van der Waals surface area contributed by atoms with Gasteiger partial charge in [-0.15, -0.1) is 12.3 Å². The molecule has 1 atom stereocenters. The number of carbonyl (C=O) groups excluding carboxylic acids is 1. The maximum atomic E-state index is 11.6. The first kappa shape index (κ1) is 10.2. The van der Waals surface area contributed by atoms with Gasteiger partial charge in [0, 0.05) is 15.7 Å². The maximum absolute atomic E-state index is 11.6. The van der Waals surface area contributed by atoms with Crippen molar-refractivity contribution in [1.29, 1.82) is 0 Å². The molecule has 0 saturated heterocycles. The molecule has 0 saturated carbocycles. The number of halogens is 1. The number of terminal acetylenes is 1. The van der Waals surface area contributed by atoms with Crippen LogP contribution >= 0.6 is 15.9 Å². The Morgan fingerprint density at radius 3 is 3.00 bits per heavy atom. The molecule has 1 heterocycles. The molecule has 3 nitrogen and oxygen atoms in total. The number of fused-ring (bicyclic) bond motifs is 1. The van der Waals surface area contributed by atoms with Gasteiger partial charge in [0.2, 0.25) is 0 Å². The summed E-state index contributed by atoms with van der Waals surface area (Å²) in [5.41, 5.74) is -0.450. The van der Waals surface area contributed by atoms with Crippen molar-refractivity contribution in [2.45, 2.75) is 12.0 Å². The summed E-state index contributed by atoms with van der Waals surface area (Å²) in [6, 6.07) is 5.22. The average Bonchev–Trinajstić information content (AvgIpc) is 2.42. The zero-order chi connectivity index (χ0) is 11.1. The standard InChI is InChI=1S/C11H8BrNO2/c1-2-5-11(15)8-6-7(12)3-4-9(8)13-10(11)14/h1,3-4,6,15H,5H2,(H,13,14). The number of hydrogen-bond donors (Lipinski definition) is 2. The lowest BCUT2D eigenvalue weighted by atomic mass is 9.92. The van der Waals surface area contributed by atoms with Gasteiger partial charge >= 0.3 is 0 Å². The van der Waals surface area contributed by atoms with E-state index in [-0.39, 0.29) is 6.42 Å². The summed E-state index contributed by atoms with van der Waals surface area (Å²) < 4.78 is 0.799. The first-order valence-electron chi connectivity index (χ1n) is 4.35. The van der Waals surface area contributed by atoms with Gasteiger partial charge in [-0.05, 0) is 18.2 Å². The van der Waals surface area contributed by atoms with E-state index < -0.39 is 11.5 Å². The molecule has 2 rings (SSSR count). The lowest BCUT2D eigenvalue weighted by Gasteiger charge is -2.17. The lowest BCUT2D eigenvalue weighted by molar-refractivity contribution is -0.133. The van der Waals surface area contributed by atoms with Gasteiger partial charge in [0.05, 0.1) is 6.42 Å². The van der Waals surface area contributed by atoms with Crippen LogP contribution in [0, 0.1) is 12.3 Å². The molecule has 0 spiro atoms. The van der Waals surface area contributed by atoms with Crippen molar-refractivity contribution in [3.05, 3.63) is 28.2 Å². The Hall–Kier alpha value is -1.31. The van der Waals surface area contributed by atoms with Crippen molar-refractivity contribution in [2.75, 3.05) is 5.32 Å². The van der Waals surface area contributed by atoms with E-state index in [1.54, 1.807) is 18.2 Å². The number of carbonyl (C=O) groups is 1. The number of aliphatic hydroxyl groups is 1. The van der Waals surface area contributed by atoms with Crippen molar-refractivity contribution in [3.8, 4) is 12.3 Å². The van der Waals surface area contributed by atoms with Crippen LogP contribution in [0.3, 0.4) is 0 Å². The van der Waals surface area contributed by atoms with E-state index in [0.717, 1.165) is 4.47 Å². The molecule has 1 unspecified atom stereocenters. The third kappa shape index (κ3) is 1.44. The normalized spacial score (nSPS) is 23.1. The molecule has 0 aliphatic carbocycles. The molecule has 1 aromatic carbocycles. The second-order valence-electron chi connectivity index (χ2n) is 3.39. The molecule has 0 fully saturated rings. The van der Waals surface area contributed by atoms with E-state index in [1.807, 2.05) is 0 Å². The number of rotatable bonds is 1. The third-order valence-electron chi connectivity index (χ3n) is 2.41. The molecule has 1 aliphatic heterocycles. The summed E-state index contributed by atoms with van der Waals surface area (Å²) in [5.74, 6) is 1.85. The highest BCUT2D eigenvalue weighted by Gasteiger charge is 2.44. The molecule has 0 aromatic heterocycles. The molecule has 15 heavy (non-hydrogen) atoms. The van der Waals surface area contributed by atoms with E-state index in [1.165, 1.54) is 0 Å². The SMILES string of the molecule is C#CCC1(O)C(=O)Nc2ccc(Br)cc21. The van der Waals surface area contributed by atoms with Crippen LogP contribution in [0.5, 0.6) is 0 Å². The Labute approximate surface area is 95.6 Å². The van der Waals surface area contributed by atoms with E-state index >= 15 is 0 Å². The number of benzene rings is 1. The predicted molar refractivity (Wildman–Crippen MR) is 60.1 cm³/mol. The van der Waals surface area contributed by atoms with Crippen LogP contribution in [0.4, 0.5) is 5.69 Å². The van der Waals surface area contributed by atoms with Crippen LogP contribution in [0.15, 0.2) is 22.7 Å². The topological polar surface area (TPSA) is 49.3 Å². The molecule has 76 valence electrons. The van der Waals surface area contributed by atoms with Crippen molar-refractivity contribution < 1.29 is 9.90 Å². The third-order valence-corrected chi connectivity index (χ3v) is 2.90. The fourth-order valence-corrected chi connectivity index (χ4v) is 2.00. The number of amides is 1. The van der Waals surface area contributed by atoms with Gasteiger partial charge in [-0.1, -0.05) is 15.9 Å². The summed E-state index contributed by atoms with van der Waals surface area (Å²) in [7, 11) is 0. The van der Waals surface area contributed by atoms with Gasteiger partial charge in [0.1, 0.15) is 0 Å². The molecule has 1 aliphatic rings. The minimum atomic E-state index is -1.59. The Balaban J connectivity index is 2.58. The highest BCUT2D eigenvalue weighted by molar-refractivity contribution is 9.10. The number of hydrogen-bond acceptors (Lipinski definition) is 2. The van der Waals surface area contributed by atoms with E-state index in [2.05, 4.69) is 27.2 Å². The minimum Gasteiger partial charge on any atom is -0.374 e. The van der Waals surface area contributed by atoms with Crippen molar-refractivity contribution in [2.24, 2.45) is 0 Å². The van der Waals surface area contributed by atoms with Gasteiger partial charge in [-0.3, -0.25) is 4.79 Å². The van der Waals surface area contributed by atoms with Gasteiger partial charge in [0.15, 0.2) is 5.60 Å². The predicted octanol–water partition coefficient (Wildman–Crippen LogP) is 1.61. The van der Waals surface area contributed by atoms with Gasteiger partial charge in [-0.25, -0.2) is 0 Å². The summed E-state index contributed by atoms with van der Waals surface area (Å²) in [6.07, 6.45) is 5.12. The smallest absolute Gasteiger partial charge is 0.262 e. The van der Waals surface area contributed by atoms with Crippen molar-refractivity contribution in [1.82, 2.24) is 0 Å². The Bertz CT molecular complexity index is 478. The fourth-order valence-electron chi connectivity index (χ4n) is 1.64. The number of anilines is 1. The first-order valence-corrected chi connectivity index (χ1v) is 5.14. The summed E-state index contributed by atoms with van der Waals surface area (Å²) in [4.78, 5) is 11.6. The molecule has 1 aromatic rings. The largest absolute Gasteiger partial charge is 0.374 e. The Morgan fingerprint density at radius 1 is 1.60 bits per heavy atom. The summed E-state index contributed by atoms with van der Waals surface area (Å²) in [6.45, 7) is 0. The van der Waals surface area contributed by atoms with Crippen LogP contribution in [0.25, 0.3) is 0 Å². The fraction of sp³-hybridized carbons (Fsp3) is 0.182. The minimum absolute atomic E-state index is 0.0255. The first-order chi connectivity index (χ1) is 7.08. The van der Waals surface area contributed by atoms with Gasteiger partial charge < -0.3 is 10.4 Å². The van der Waals surface area contributed by atoms with E-state index in [9.17, 15) is 9.90 Å². The quantitative estimate of drug-likeness (QED) is 0.759. The molecule has 4 heteroatoms. The lowest BCUT2D eigenvalue weighted by Crippen LogP contribution is -2.33. The second-order valence-corrected chi connectivity index (χ2v) is 4.30. The van der Waals surface area contributed by atoms with Crippen LogP contribution in [0.1, 0.15) is 12.0 Å². The highest BCUT2D eigenvalue weighted by atomic mass is 79.9. The molecule has 1 amide bonds. The Morgan fingerprint density at radius 2 is 2.33 bits per heavy atom. The monoisotopic (exact) mass is 265 g/mol. The van der Waals surface area contributed by atoms with Crippen LogP contribution < -0.4 is 5.32 Å². The summed E-state index contributed by atoms with van der Waals surface area (Å²) >= 11 is 3.29. The second kappa shape index (κ2) is 3.37. The van der Waals surface area contributed by atoms with Crippen molar-refractivity contribution >= 4 is 27.5 Å². The zero-order valence-electron chi connectivity index (χ0n) is 7.75. The summed E-state index contributed by atoms with van der Waals surface area (Å²) in [5, 5.41) is 12.8. The molecule has 0 radical (unpaired) electrons.